The third-order valence-corrected chi connectivity index (χ3v) is 6.09. The van der Waals surface area contributed by atoms with Gasteiger partial charge in [0.05, 0.1) is 10.0 Å². The average molecular weight is 338 g/mol. The van der Waals surface area contributed by atoms with Gasteiger partial charge in [0.2, 0.25) is 10.0 Å². The van der Waals surface area contributed by atoms with Crippen LogP contribution in [-0.2, 0) is 10.0 Å². The topological polar surface area (TPSA) is 66.4 Å². The summed E-state index contributed by atoms with van der Waals surface area (Å²) in [5, 5.41) is 9.33. The molecule has 1 aliphatic rings. The van der Waals surface area contributed by atoms with E-state index in [1.807, 2.05) is 0 Å². The van der Waals surface area contributed by atoms with Gasteiger partial charge in [0.1, 0.15) is 4.90 Å². The minimum absolute atomic E-state index is 0.0624. The molecule has 2 N–H and O–H groups in total. The first-order valence-corrected chi connectivity index (χ1v) is 8.75. The monoisotopic (exact) mass is 337 g/mol. The number of nitrogens with one attached hydrogen (secondary N) is 1. The van der Waals surface area contributed by atoms with Gasteiger partial charge < -0.3 is 5.11 Å². The van der Waals surface area contributed by atoms with E-state index in [9.17, 15) is 8.42 Å². The summed E-state index contributed by atoms with van der Waals surface area (Å²) in [5.74, 6) is 0.277. The highest BCUT2D eigenvalue weighted by molar-refractivity contribution is 7.89. The molecule has 0 unspecified atom stereocenters. The van der Waals surface area contributed by atoms with Crippen molar-refractivity contribution in [3.8, 4) is 0 Å². The molecule has 1 aliphatic carbocycles. The second-order valence-electron chi connectivity index (χ2n) is 5.07. The van der Waals surface area contributed by atoms with E-state index in [0.717, 1.165) is 12.8 Å². The van der Waals surface area contributed by atoms with Crippen molar-refractivity contribution < 1.29 is 13.5 Å². The second kappa shape index (κ2) is 6.62. The molecule has 4 nitrogen and oxygen atoms in total. The molecule has 1 aromatic carbocycles. The molecule has 112 valence electrons. The van der Waals surface area contributed by atoms with E-state index in [2.05, 4.69) is 4.72 Å². The smallest absolute Gasteiger partial charge is 0.243 e. The Labute approximate surface area is 129 Å². The normalized spacial score (nSPS) is 23.8. The fraction of sp³-hybridized carbons (Fsp3) is 0.538. The van der Waals surface area contributed by atoms with Gasteiger partial charge in [-0.15, -0.1) is 0 Å². The lowest BCUT2D eigenvalue weighted by Gasteiger charge is -2.28. The average Bonchev–Trinajstić information content (AvgIpc) is 2.38. The van der Waals surface area contributed by atoms with Crippen LogP contribution in [-0.4, -0.2) is 26.2 Å². The van der Waals surface area contributed by atoms with Gasteiger partial charge in [0.15, 0.2) is 0 Å². The van der Waals surface area contributed by atoms with Crippen LogP contribution in [0.25, 0.3) is 0 Å². The quantitative estimate of drug-likeness (QED) is 0.887. The predicted molar refractivity (Wildman–Crippen MR) is 79.6 cm³/mol. The molecule has 7 heteroatoms. The largest absolute Gasteiger partial charge is 0.396 e. The summed E-state index contributed by atoms with van der Waals surface area (Å²) >= 11 is 11.9. The number of rotatable bonds is 4. The summed E-state index contributed by atoms with van der Waals surface area (Å²) in [6, 6.07) is 4.49. The van der Waals surface area contributed by atoms with Crippen LogP contribution in [0.5, 0.6) is 0 Å². The van der Waals surface area contributed by atoms with Gasteiger partial charge >= 0.3 is 0 Å². The molecule has 0 spiro atoms. The maximum Gasteiger partial charge on any atom is 0.243 e. The fourth-order valence-corrected chi connectivity index (χ4v) is 4.93. The van der Waals surface area contributed by atoms with Gasteiger partial charge in [-0.3, -0.25) is 0 Å². The van der Waals surface area contributed by atoms with Gasteiger partial charge in [-0.1, -0.05) is 29.3 Å². The van der Waals surface area contributed by atoms with Crippen molar-refractivity contribution in [1.29, 1.82) is 0 Å². The van der Waals surface area contributed by atoms with Crippen LogP contribution in [0.1, 0.15) is 25.7 Å². The van der Waals surface area contributed by atoms with Gasteiger partial charge in [0.25, 0.3) is 0 Å². The van der Waals surface area contributed by atoms with Crippen molar-refractivity contribution in [3.63, 3.8) is 0 Å². The van der Waals surface area contributed by atoms with Crippen molar-refractivity contribution >= 4 is 33.2 Å². The molecular weight excluding hydrogens is 321 g/mol. The zero-order chi connectivity index (χ0) is 14.8. The van der Waals surface area contributed by atoms with Crippen LogP contribution in [0.15, 0.2) is 23.1 Å². The van der Waals surface area contributed by atoms with Crippen molar-refractivity contribution in [1.82, 2.24) is 4.72 Å². The maximum atomic E-state index is 12.4. The summed E-state index contributed by atoms with van der Waals surface area (Å²) in [6.07, 6.45) is 3.07. The van der Waals surface area contributed by atoms with Crippen molar-refractivity contribution in [2.75, 3.05) is 6.61 Å². The molecule has 0 radical (unpaired) electrons. The molecule has 0 bridgehead atoms. The van der Waals surface area contributed by atoms with Crippen molar-refractivity contribution in [2.24, 2.45) is 5.92 Å². The first-order valence-electron chi connectivity index (χ1n) is 6.51. The summed E-state index contributed by atoms with van der Waals surface area (Å²) in [5.41, 5.74) is 0. The number of aliphatic hydroxyl groups excluding tert-OH is 1. The first kappa shape index (κ1) is 16.0. The molecule has 0 atom stereocenters. The molecule has 1 fully saturated rings. The van der Waals surface area contributed by atoms with E-state index in [0.29, 0.717) is 12.8 Å². The number of hydrogen-bond acceptors (Lipinski definition) is 3. The lowest BCUT2D eigenvalue weighted by atomic mass is 9.87. The van der Waals surface area contributed by atoms with Crippen LogP contribution < -0.4 is 4.72 Å². The van der Waals surface area contributed by atoms with E-state index in [1.165, 1.54) is 12.1 Å². The van der Waals surface area contributed by atoms with Crippen LogP contribution in [0.3, 0.4) is 0 Å². The van der Waals surface area contributed by atoms with Crippen LogP contribution >= 0.6 is 23.2 Å². The number of aliphatic hydroxyl groups is 1. The zero-order valence-electron chi connectivity index (χ0n) is 10.9. The Bertz CT molecular complexity index is 549. The Balaban J connectivity index is 2.12. The Kier molecular flexibility index (Phi) is 5.31. The Morgan fingerprint density at radius 3 is 2.20 bits per heavy atom. The van der Waals surface area contributed by atoms with E-state index >= 15 is 0 Å². The number of hydrogen-bond donors (Lipinski definition) is 2. The Morgan fingerprint density at radius 1 is 1.15 bits per heavy atom. The summed E-state index contributed by atoms with van der Waals surface area (Å²) in [4.78, 5) is -0.0624. The minimum atomic E-state index is -3.72. The van der Waals surface area contributed by atoms with Gasteiger partial charge in [-0.25, -0.2) is 13.1 Å². The molecule has 2 rings (SSSR count). The van der Waals surface area contributed by atoms with Gasteiger partial charge in [-0.2, -0.15) is 0 Å². The fourth-order valence-electron chi connectivity index (χ4n) is 2.48. The number of benzene rings is 1. The number of sulfonamides is 1. The van der Waals surface area contributed by atoms with Crippen LogP contribution in [0, 0.1) is 5.92 Å². The van der Waals surface area contributed by atoms with E-state index < -0.39 is 10.0 Å². The first-order chi connectivity index (χ1) is 9.44. The van der Waals surface area contributed by atoms with Crippen molar-refractivity contribution in [2.45, 2.75) is 36.6 Å². The molecule has 0 aliphatic heterocycles. The highest BCUT2D eigenvalue weighted by Gasteiger charge is 2.28. The third kappa shape index (κ3) is 3.65. The minimum Gasteiger partial charge on any atom is -0.396 e. The van der Waals surface area contributed by atoms with Crippen LogP contribution in [0.2, 0.25) is 10.0 Å². The Morgan fingerprint density at radius 2 is 1.70 bits per heavy atom. The lowest BCUT2D eigenvalue weighted by molar-refractivity contribution is 0.180. The highest BCUT2D eigenvalue weighted by atomic mass is 35.5. The standard InChI is InChI=1S/C13H17Cl2NO3S/c14-11-2-1-3-12(15)13(11)20(18,19)16-10-6-4-9(8-17)5-7-10/h1-3,9-10,16-17H,4-8H2. The van der Waals surface area contributed by atoms with E-state index in [-0.39, 0.29) is 33.5 Å². The van der Waals surface area contributed by atoms with E-state index in [1.54, 1.807) is 6.07 Å². The SMILES string of the molecule is O=S(=O)(NC1CCC(CO)CC1)c1c(Cl)cccc1Cl. The maximum absolute atomic E-state index is 12.4. The highest BCUT2D eigenvalue weighted by Crippen LogP contribution is 2.30. The lowest BCUT2D eigenvalue weighted by Crippen LogP contribution is -2.38. The molecule has 0 amide bonds. The van der Waals surface area contributed by atoms with Crippen LogP contribution in [0.4, 0.5) is 0 Å². The summed E-state index contributed by atoms with van der Waals surface area (Å²) < 4.78 is 27.4. The molecule has 1 saturated carbocycles. The molecule has 0 aromatic heterocycles. The second-order valence-corrected chi connectivity index (χ2v) is 7.54. The van der Waals surface area contributed by atoms with Gasteiger partial charge in [-0.05, 0) is 43.7 Å². The molecule has 0 saturated heterocycles. The zero-order valence-corrected chi connectivity index (χ0v) is 13.2. The number of halogens is 2. The van der Waals surface area contributed by atoms with Crippen molar-refractivity contribution in [3.05, 3.63) is 28.2 Å². The van der Waals surface area contributed by atoms with Gasteiger partial charge in [0, 0.05) is 12.6 Å². The molecule has 20 heavy (non-hydrogen) atoms. The summed E-state index contributed by atoms with van der Waals surface area (Å²) in [6.45, 7) is 0.163. The predicted octanol–water partition coefficient (Wildman–Crippen LogP) is 2.82. The Hall–Kier alpha value is -0.330. The third-order valence-electron chi connectivity index (χ3n) is 3.61. The molecule has 0 heterocycles. The molecule has 1 aromatic rings. The summed E-state index contributed by atoms with van der Waals surface area (Å²) in [7, 11) is -3.72. The molecular formula is C13H17Cl2NO3S. The van der Waals surface area contributed by atoms with E-state index in [4.69, 9.17) is 28.3 Å².